The Morgan fingerprint density at radius 3 is 2.55 bits per heavy atom. The fraction of sp³-hybridized carbons (Fsp3) is 0.154. The molecule has 5 heteroatoms. The molecule has 4 nitrogen and oxygen atoms in total. The maximum Gasteiger partial charge on any atom is 0.248 e. The number of rotatable bonds is 6. The van der Waals surface area contributed by atoms with Crippen LogP contribution in [0, 0.1) is 0 Å². The molecule has 1 aromatic heterocycles. The molecule has 4 aromatic rings. The molecule has 1 atom stereocenters. The predicted octanol–water partition coefficient (Wildman–Crippen LogP) is 7.31. The van der Waals surface area contributed by atoms with Crippen LogP contribution in [0.3, 0.4) is 0 Å². The largest absolute Gasteiger partial charge is 0.436 e. The van der Waals surface area contributed by atoms with Gasteiger partial charge in [0.05, 0.1) is 0 Å². The summed E-state index contributed by atoms with van der Waals surface area (Å²) in [4.78, 5) is 16.8. The average molecular weight is 431 g/mol. The third kappa shape index (κ3) is 5.04. The molecule has 0 spiro atoms. The first-order valence-electron chi connectivity index (χ1n) is 10.3. The summed E-state index contributed by atoms with van der Waals surface area (Å²) in [6.07, 6.45) is 4.32. The summed E-state index contributed by atoms with van der Waals surface area (Å²) >= 11 is 5.87. The monoisotopic (exact) mass is 430 g/mol. The number of anilines is 1. The van der Waals surface area contributed by atoms with Crippen LogP contribution >= 0.6 is 11.6 Å². The summed E-state index contributed by atoms with van der Waals surface area (Å²) in [6, 6.07) is 20.9. The van der Waals surface area contributed by atoms with Gasteiger partial charge in [-0.15, -0.1) is 0 Å². The molecule has 0 saturated carbocycles. The molecule has 0 aliphatic rings. The van der Waals surface area contributed by atoms with Gasteiger partial charge in [0.2, 0.25) is 11.8 Å². The first-order valence-corrected chi connectivity index (χ1v) is 10.6. The van der Waals surface area contributed by atoms with Crippen molar-refractivity contribution in [2.24, 2.45) is 0 Å². The number of halogens is 1. The molecule has 1 amide bonds. The minimum Gasteiger partial charge on any atom is -0.436 e. The van der Waals surface area contributed by atoms with Gasteiger partial charge < -0.3 is 9.73 Å². The van der Waals surface area contributed by atoms with E-state index in [0.717, 1.165) is 28.6 Å². The zero-order valence-electron chi connectivity index (χ0n) is 17.4. The second kappa shape index (κ2) is 9.19. The number of amides is 1. The summed E-state index contributed by atoms with van der Waals surface area (Å²) in [7, 11) is 0. The molecular formula is C26H23ClN2O2. The van der Waals surface area contributed by atoms with E-state index < -0.39 is 0 Å². The highest BCUT2D eigenvalue weighted by molar-refractivity contribution is 6.30. The number of aromatic nitrogens is 1. The molecule has 0 aliphatic carbocycles. The van der Waals surface area contributed by atoms with Crippen LogP contribution in [0.1, 0.15) is 37.3 Å². The normalized spacial score (nSPS) is 12.4. The van der Waals surface area contributed by atoms with Crippen molar-refractivity contribution in [2.45, 2.75) is 26.2 Å². The smallest absolute Gasteiger partial charge is 0.248 e. The Labute approximate surface area is 186 Å². The summed E-state index contributed by atoms with van der Waals surface area (Å²) in [5.74, 6) is 0.847. The molecule has 156 valence electrons. The van der Waals surface area contributed by atoms with Crippen LogP contribution in [0.4, 0.5) is 5.69 Å². The minimum atomic E-state index is -0.206. The van der Waals surface area contributed by atoms with E-state index in [1.165, 1.54) is 11.6 Å². The Balaban J connectivity index is 1.45. The molecule has 1 heterocycles. The Hall–Kier alpha value is -3.37. The number of carbonyl (C=O) groups is 1. The van der Waals surface area contributed by atoms with Gasteiger partial charge in [0.25, 0.3) is 0 Å². The van der Waals surface area contributed by atoms with Crippen molar-refractivity contribution in [3.05, 3.63) is 89.0 Å². The minimum absolute atomic E-state index is 0.206. The number of carbonyl (C=O) groups excluding carboxylic acids is 1. The summed E-state index contributed by atoms with van der Waals surface area (Å²) in [5, 5.41) is 3.52. The third-order valence-electron chi connectivity index (χ3n) is 5.29. The van der Waals surface area contributed by atoms with Gasteiger partial charge in [-0.1, -0.05) is 43.6 Å². The Bertz CT molecular complexity index is 1220. The van der Waals surface area contributed by atoms with Crippen molar-refractivity contribution in [2.75, 3.05) is 5.32 Å². The van der Waals surface area contributed by atoms with Crippen molar-refractivity contribution in [3.63, 3.8) is 0 Å². The number of hydrogen-bond donors (Lipinski definition) is 1. The first-order chi connectivity index (χ1) is 15.0. The van der Waals surface area contributed by atoms with E-state index in [1.807, 2.05) is 42.5 Å². The van der Waals surface area contributed by atoms with Crippen molar-refractivity contribution in [1.29, 1.82) is 0 Å². The molecule has 0 radical (unpaired) electrons. The molecule has 0 saturated heterocycles. The standard InChI is InChI=1S/C26H23ClN2O2/c1-3-17(2)20-9-14-24-23(16-20)29-26(31-24)19-7-12-22(13-8-19)28-25(30)15-6-18-4-10-21(27)11-5-18/h4-17H,3H2,1-2H3,(H,28,30)/b15-6+/t17-/m1/s1. The second-order valence-electron chi connectivity index (χ2n) is 7.51. The fourth-order valence-electron chi connectivity index (χ4n) is 3.24. The zero-order valence-corrected chi connectivity index (χ0v) is 18.2. The van der Waals surface area contributed by atoms with Gasteiger partial charge >= 0.3 is 0 Å². The van der Waals surface area contributed by atoms with Gasteiger partial charge in [-0.3, -0.25) is 4.79 Å². The number of benzene rings is 3. The first kappa shape index (κ1) is 20.9. The molecule has 3 aromatic carbocycles. The highest BCUT2D eigenvalue weighted by atomic mass is 35.5. The zero-order chi connectivity index (χ0) is 21.8. The van der Waals surface area contributed by atoms with Crippen LogP contribution in [0.2, 0.25) is 5.02 Å². The Morgan fingerprint density at radius 2 is 1.84 bits per heavy atom. The second-order valence-corrected chi connectivity index (χ2v) is 7.94. The summed E-state index contributed by atoms with van der Waals surface area (Å²) < 4.78 is 5.92. The molecule has 1 N–H and O–H groups in total. The van der Waals surface area contributed by atoms with E-state index in [1.54, 1.807) is 18.2 Å². The Morgan fingerprint density at radius 1 is 1.10 bits per heavy atom. The lowest BCUT2D eigenvalue weighted by Gasteiger charge is -2.07. The van der Waals surface area contributed by atoms with Gasteiger partial charge in [0.1, 0.15) is 5.52 Å². The number of nitrogens with one attached hydrogen (secondary N) is 1. The van der Waals surface area contributed by atoms with Crippen molar-refractivity contribution < 1.29 is 9.21 Å². The highest BCUT2D eigenvalue weighted by Crippen LogP contribution is 2.28. The lowest BCUT2D eigenvalue weighted by Crippen LogP contribution is -2.07. The number of nitrogens with zero attached hydrogens (tertiary/aromatic N) is 1. The van der Waals surface area contributed by atoms with Crippen LogP contribution in [-0.4, -0.2) is 10.9 Å². The number of hydrogen-bond acceptors (Lipinski definition) is 3. The quantitative estimate of drug-likeness (QED) is 0.326. The summed E-state index contributed by atoms with van der Waals surface area (Å²) in [6.45, 7) is 4.39. The van der Waals surface area contributed by atoms with Gasteiger partial charge in [-0.2, -0.15) is 0 Å². The maximum absolute atomic E-state index is 12.2. The van der Waals surface area contributed by atoms with Crippen molar-refractivity contribution in [1.82, 2.24) is 4.98 Å². The van der Waals surface area contributed by atoms with Crippen LogP contribution in [0.5, 0.6) is 0 Å². The lowest BCUT2D eigenvalue weighted by atomic mass is 9.98. The van der Waals surface area contributed by atoms with E-state index >= 15 is 0 Å². The molecule has 0 unspecified atom stereocenters. The lowest BCUT2D eigenvalue weighted by molar-refractivity contribution is -0.111. The molecule has 0 aliphatic heterocycles. The van der Waals surface area contributed by atoms with Crippen molar-refractivity contribution in [3.8, 4) is 11.5 Å². The van der Waals surface area contributed by atoms with E-state index in [-0.39, 0.29) is 5.91 Å². The van der Waals surface area contributed by atoms with Crippen LogP contribution in [-0.2, 0) is 4.79 Å². The molecular weight excluding hydrogens is 408 g/mol. The van der Waals surface area contributed by atoms with E-state index in [4.69, 9.17) is 16.0 Å². The van der Waals surface area contributed by atoms with Crippen LogP contribution in [0.25, 0.3) is 28.6 Å². The molecule has 0 bridgehead atoms. The van der Waals surface area contributed by atoms with Crippen LogP contribution in [0.15, 0.2) is 77.2 Å². The highest BCUT2D eigenvalue weighted by Gasteiger charge is 2.11. The molecule has 4 rings (SSSR count). The van der Waals surface area contributed by atoms with E-state index in [9.17, 15) is 4.79 Å². The molecule has 0 fully saturated rings. The average Bonchev–Trinajstić information content (AvgIpc) is 3.22. The fourth-order valence-corrected chi connectivity index (χ4v) is 3.36. The SMILES string of the molecule is CC[C@@H](C)c1ccc2oc(-c3ccc(NC(=O)/C=C/c4ccc(Cl)cc4)cc3)nc2c1. The van der Waals surface area contributed by atoms with Gasteiger partial charge in [-0.25, -0.2) is 4.98 Å². The van der Waals surface area contributed by atoms with E-state index in [0.29, 0.717) is 22.5 Å². The van der Waals surface area contributed by atoms with Crippen molar-refractivity contribution >= 4 is 40.4 Å². The third-order valence-corrected chi connectivity index (χ3v) is 5.54. The molecule has 31 heavy (non-hydrogen) atoms. The van der Waals surface area contributed by atoms with E-state index in [2.05, 4.69) is 36.3 Å². The van der Waals surface area contributed by atoms with Gasteiger partial charge in [0, 0.05) is 22.3 Å². The van der Waals surface area contributed by atoms with Crippen LogP contribution < -0.4 is 5.32 Å². The maximum atomic E-state index is 12.2. The number of oxazole rings is 1. The van der Waals surface area contributed by atoms with Gasteiger partial charge in [0.15, 0.2) is 5.58 Å². The summed E-state index contributed by atoms with van der Waals surface area (Å²) in [5.41, 5.74) is 5.35. The topological polar surface area (TPSA) is 55.1 Å². The predicted molar refractivity (Wildman–Crippen MR) is 127 cm³/mol. The van der Waals surface area contributed by atoms with Gasteiger partial charge in [-0.05, 0) is 78.1 Å². The number of fused-ring (bicyclic) bond motifs is 1. The Kier molecular flexibility index (Phi) is 6.19.